The van der Waals surface area contributed by atoms with Gasteiger partial charge in [0.25, 0.3) is 0 Å². The lowest BCUT2D eigenvalue weighted by Crippen LogP contribution is -2.37. The van der Waals surface area contributed by atoms with Gasteiger partial charge in [0.2, 0.25) is 23.6 Å². The summed E-state index contributed by atoms with van der Waals surface area (Å²) in [5, 5.41) is 2.47. The largest absolute Gasteiger partial charge is 0.296 e. The van der Waals surface area contributed by atoms with Crippen molar-refractivity contribution in [3.8, 4) is 0 Å². The molecule has 1 N–H and O–H groups in total. The fraction of sp³-hybridized carbons (Fsp3) is 0.818. The van der Waals surface area contributed by atoms with E-state index in [1.165, 1.54) is 11.3 Å². The maximum atomic E-state index is 12.7. The van der Waals surface area contributed by atoms with E-state index >= 15 is 0 Å². The van der Waals surface area contributed by atoms with Gasteiger partial charge >= 0.3 is 0 Å². The van der Waals surface area contributed by atoms with Crippen molar-refractivity contribution in [2.75, 3.05) is 0 Å². The molecule has 2 aliphatic carbocycles. The van der Waals surface area contributed by atoms with Crippen LogP contribution in [0.4, 0.5) is 0 Å². The van der Waals surface area contributed by atoms with Crippen LogP contribution < -0.4 is 5.32 Å². The van der Waals surface area contributed by atoms with Gasteiger partial charge in [0.1, 0.15) is 0 Å². The highest BCUT2D eigenvalue weighted by Gasteiger charge is 2.53. The normalized spacial score (nSPS) is 37.4. The van der Waals surface area contributed by atoms with Crippen LogP contribution in [0.1, 0.15) is 72.6 Å². The van der Waals surface area contributed by atoms with Gasteiger partial charge in [0.05, 0.1) is 17.8 Å². The summed E-state index contributed by atoms with van der Waals surface area (Å²) < 4.78 is 0. The average molecular weight is 391 g/mol. The molecule has 6 unspecified atom stereocenters. The molecular weight excluding hydrogens is 356 g/mol. The highest BCUT2D eigenvalue weighted by molar-refractivity contribution is 6.06. The Kier molecular flexibility index (Phi) is 6.25. The van der Waals surface area contributed by atoms with Crippen molar-refractivity contribution in [2.24, 2.45) is 35.5 Å². The number of hydrogen-bond donors (Lipinski definition) is 1. The molecule has 4 fully saturated rings. The molecule has 2 saturated carbocycles. The number of imide groups is 2. The number of carbonyl (C=O) groups is 4. The molecule has 4 rings (SSSR count). The lowest BCUT2D eigenvalue weighted by atomic mass is 9.64. The van der Waals surface area contributed by atoms with Gasteiger partial charge in [-0.3, -0.25) is 29.4 Å². The van der Waals surface area contributed by atoms with E-state index in [0.717, 1.165) is 38.5 Å². The molecule has 2 saturated heterocycles. The van der Waals surface area contributed by atoms with Crippen LogP contribution in [0.25, 0.3) is 0 Å². The molecule has 4 amide bonds. The first-order chi connectivity index (χ1) is 13.3. The third-order valence-electron chi connectivity index (χ3n) is 6.99. The zero-order chi connectivity index (χ0) is 20.6. The average Bonchev–Trinajstić information content (AvgIpc) is 3.08. The lowest BCUT2D eigenvalue weighted by molar-refractivity contribution is -0.142. The number of nitrogens with zero attached hydrogens (tertiary/aromatic N) is 1. The summed E-state index contributed by atoms with van der Waals surface area (Å²) in [4.78, 5) is 50.5. The van der Waals surface area contributed by atoms with Crippen LogP contribution in [0.15, 0.2) is 0 Å². The number of rotatable bonds is 2. The van der Waals surface area contributed by atoms with E-state index in [1.807, 2.05) is 13.8 Å². The van der Waals surface area contributed by atoms with Gasteiger partial charge in [-0.2, -0.15) is 0 Å². The molecule has 0 aromatic heterocycles. The van der Waals surface area contributed by atoms with E-state index in [2.05, 4.69) is 19.2 Å². The summed E-state index contributed by atoms with van der Waals surface area (Å²) in [7, 11) is 0. The topological polar surface area (TPSA) is 83.6 Å². The molecule has 6 nitrogen and oxygen atoms in total. The summed E-state index contributed by atoms with van der Waals surface area (Å²) in [6.07, 6.45) is 6.20. The van der Waals surface area contributed by atoms with Crippen molar-refractivity contribution in [3.05, 3.63) is 0 Å². The summed E-state index contributed by atoms with van der Waals surface area (Å²) in [5.74, 6) is -0.102. The van der Waals surface area contributed by atoms with Crippen molar-refractivity contribution >= 4 is 23.6 Å². The Balaban J connectivity index is 0.000000706. The van der Waals surface area contributed by atoms with Crippen LogP contribution >= 0.6 is 0 Å². The third kappa shape index (κ3) is 3.62. The van der Waals surface area contributed by atoms with Crippen molar-refractivity contribution in [3.63, 3.8) is 0 Å². The van der Waals surface area contributed by atoms with Gasteiger partial charge in [-0.05, 0) is 64.2 Å². The highest BCUT2D eigenvalue weighted by Crippen LogP contribution is 2.48. The zero-order valence-electron chi connectivity index (χ0n) is 17.6. The molecule has 0 aromatic carbocycles. The van der Waals surface area contributed by atoms with E-state index in [0.29, 0.717) is 11.8 Å². The number of likely N-dealkylation sites (tertiary alicyclic amines) is 1. The molecule has 4 aliphatic rings. The van der Waals surface area contributed by atoms with Crippen molar-refractivity contribution < 1.29 is 19.2 Å². The Morgan fingerprint density at radius 2 is 1.25 bits per heavy atom. The van der Waals surface area contributed by atoms with E-state index in [-0.39, 0.29) is 53.3 Å². The maximum absolute atomic E-state index is 12.7. The number of amides is 4. The van der Waals surface area contributed by atoms with E-state index in [1.54, 1.807) is 0 Å². The van der Waals surface area contributed by atoms with Gasteiger partial charge in [-0.15, -0.1) is 0 Å². The fourth-order valence-electron chi connectivity index (χ4n) is 5.72. The van der Waals surface area contributed by atoms with E-state index in [4.69, 9.17) is 0 Å². The molecule has 0 radical (unpaired) electrons. The van der Waals surface area contributed by atoms with E-state index < -0.39 is 0 Å². The smallest absolute Gasteiger partial charge is 0.233 e. The van der Waals surface area contributed by atoms with Crippen molar-refractivity contribution in [1.29, 1.82) is 0 Å². The van der Waals surface area contributed by atoms with Crippen LogP contribution in [0.3, 0.4) is 0 Å². The van der Waals surface area contributed by atoms with Crippen LogP contribution in [0.2, 0.25) is 0 Å². The van der Waals surface area contributed by atoms with Crippen LogP contribution in [-0.4, -0.2) is 34.6 Å². The Hall–Kier alpha value is -1.72. The second kappa shape index (κ2) is 8.34. The van der Waals surface area contributed by atoms with Crippen LogP contribution in [0.5, 0.6) is 0 Å². The first kappa shape index (κ1) is 21.0. The standard InChI is InChI=1S/C19H26N2O4.C3H8/c1-9(2)21-18(24)13-6-4-11(8-15(13)19(21)25)10-3-5-12-14(7-10)17(23)20-16(12)22;1-3-2/h9-15H,3-8H2,1-2H3,(H,20,22,23);3H2,1-2H3. The highest BCUT2D eigenvalue weighted by atomic mass is 16.2. The summed E-state index contributed by atoms with van der Waals surface area (Å²) >= 11 is 0. The maximum Gasteiger partial charge on any atom is 0.233 e. The van der Waals surface area contributed by atoms with Crippen LogP contribution in [0, 0.1) is 35.5 Å². The number of nitrogens with one attached hydrogen (secondary N) is 1. The Morgan fingerprint density at radius 1 is 0.786 bits per heavy atom. The molecule has 2 aliphatic heterocycles. The Labute approximate surface area is 167 Å². The first-order valence-electron chi connectivity index (χ1n) is 11.0. The molecule has 6 atom stereocenters. The molecular formula is C22H34N2O4. The predicted molar refractivity (Wildman–Crippen MR) is 105 cm³/mol. The second-order valence-corrected chi connectivity index (χ2v) is 9.27. The number of hydrogen-bond acceptors (Lipinski definition) is 4. The summed E-state index contributed by atoms with van der Waals surface area (Å²) in [6.45, 7) is 8.03. The molecule has 28 heavy (non-hydrogen) atoms. The fourth-order valence-corrected chi connectivity index (χ4v) is 5.72. The minimum atomic E-state index is -0.183. The third-order valence-corrected chi connectivity index (χ3v) is 6.99. The predicted octanol–water partition coefficient (Wildman–Crippen LogP) is 2.90. The molecule has 0 aromatic rings. The SMILES string of the molecule is CC(C)N1C(=O)C2CCC(C3CCC4C(=O)NC(=O)C4C3)CC2C1=O.CCC. The van der Waals surface area contributed by atoms with E-state index in [9.17, 15) is 19.2 Å². The molecule has 0 bridgehead atoms. The molecule has 6 heteroatoms. The number of fused-ring (bicyclic) bond motifs is 2. The lowest BCUT2D eigenvalue weighted by Gasteiger charge is -2.38. The minimum Gasteiger partial charge on any atom is -0.296 e. The van der Waals surface area contributed by atoms with Gasteiger partial charge in [0, 0.05) is 12.0 Å². The van der Waals surface area contributed by atoms with Crippen LogP contribution in [-0.2, 0) is 19.2 Å². The second-order valence-electron chi connectivity index (χ2n) is 9.27. The van der Waals surface area contributed by atoms with Gasteiger partial charge in [-0.1, -0.05) is 20.3 Å². The zero-order valence-corrected chi connectivity index (χ0v) is 17.6. The van der Waals surface area contributed by atoms with Gasteiger partial charge in [0.15, 0.2) is 0 Å². The molecule has 0 spiro atoms. The summed E-state index contributed by atoms with van der Waals surface area (Å²) in [6, 6.07) is -0.0762. The Morgan fingerprint density at radius 3 is 1.82 bits per heavy atom. The first-order valence-corrected chi connectivity index (χ1v) is 11.0. The Bertz CT molecular complexity index is 659. The quantitative estimate of drug-likeness (QED) is 0.735. The molecule has 156 valence electrons. The van der Waals surface area contributed by atoms with Crippen molar-refractivity contribution in [1.82, 2.24) is 10.2 Å². The minimum absolute atomic E-state index is 0.00262. The summed E-state index contributed by atoms with van der Waals surface area (Å²) in [5.41, 5.74) is 0. The monoisotopic (exact) mass is 390 g/mol. The van der Waals surface area contributed by atoms with Crippen molar-refractivity contribution in [2.45, 2.75) is 78.7 Å². The number of carbonyl (C=O) groups excluding carboxylic acids is 4. The van der Waals surface area contributed by atoms with Gasteiger partial charge < -0.3 is 0 Å². The van der Waals surface area contributed by atoms with Gasteiger partial charge in [-0.25, -0.2) is 0 Å². The molecule has 2 heterocycles.